The molecule has 0 fully saturated rings. The molecular formula is C18H15BrN2O2S. The van der Waals surface area contributed by atoms with Crippen LogP contribution in [0, 0.1) is 0 Å². The molecule has 0 aliphatic heterocycles. The molecule has 0 spiro atoms. The van der Waals surface area contributed by atoms with Crippen LogP contribution in [0.1, 0.15) is 17.3 Å². The highest BCUT2D eigenvalue weighted by Crippen LogP contribution is 2.24. The molecule has 0 bridgehead atoms. The molecule has 3 aromatic rings. The number of benzene rings is 2. The lowest BCUT2D eigenvalue weighted by Crippen LogP contribution is -2.14. The summed E-state index contributed by atoms with van der Waals surface area (Å²) in [5.74, 6) is -0.932. The number of aromatic nitrogens is 1. The van der Waals surface area contributed by atoms with Crippen molar-refractivity contribution in [3.05, 3.63) is 68.7 Å². The summed E-state index contributed by atoms with van der Waals surface area (Å²) in [5, 5.41) is 11.1. The molecule has 0 saturated carbocycles. The number of thiazole rings is 1. The van der Waals surface area contributed by atoms with E-state index in [9.17, 15) is 4.79 Å². The standard InChI is InChI=1S/C18H15BrN2O2S/c1-2-21-16(13-4-3-5-14(19)10-13)11-24-18(21)20-15-8-6-12(7-9-15)17(22)23/h3-11H,2H2,1H3,(H,22,23)/b20-18-. The summed E-state index contributed by atoms with van der Waals surface area (Å²) in [6, 6.07) is 14.8. The zero-order valence-corrected chi connectivity index (χ0v) is 15.3. The number of carboxylic acids is 1. The topological polar surface area (TPSA) is 54.6 Å². The van der Waals surface area contributed by atoms with Gasteiger partial charge in [0.2, 0.25) is 0 Å². The Kier molecular flexibility index (Phi) is 4.97. The van der Waals surface area contributed by atoms with Crippen molar-refractivity contribution in [3.63, 3.8) is 0 Å². The largest absolute Gasteiger partial charge is 0.478 e. The van der Waals surface area contributed by atoms with Gasteiger partial charge in [-0.25, -0.2) is 9.79 Å². The Balaban J connectivity index is 2.04. The molecule has 2 aromatic carbocycles. The predicted octanol–water partition coefficient (Wildman–Crippen LogP) is 4.93. The lowest BCUT2D eigenvalue weighted by molar-refractivity contribution is 0.0697. The number of nitrogens with zero attached hydrogens (tertiary/aromatic N) is 2. The van der Waals surface area contributed by atoms with Crippen LogP contribution < -0.4 is 4.80 Å². The second-order valence-corrected chi connectivity index (χ2v) is 6.87. The lowest BCUT2D eigenvalue weighted by Gasteiger charge is -2.06. The second-order valence-electron chi connectivity index (χ2n) is 5.12. The third-order valence-electron chi connectivity index (χ3n) is 3.57. The number of rotatable bonds is 4. The number of halogens is 1. The normalized spacial score (nSPS) is 11.7. The third kappa shape index (κ3) is 3.49. The van der Waals surface area contributed by atoms with E-state index < -0.39 is 5.97 Å². The molecule has 3 rings (SSSR count). The fraction of sp³-hybridized carbons (Fsp3) is 0.111. The maximum Gasteiger partial charge on any atom is 0.335 e. The van der Waals surface area contributed by atoms with Crippen molar-refractivity contribution in [3.8, 4) is 11.3 Å². The van der Waals surface area contributed by atoms with Crippen molar-refractivity contribution in [1.29, 1.82) is 0 Å². The average Bonchev–Trinajstić information content (AvgIpc) is 2.98. The number of carboxylic acid groups (broad SMARTS) is 1. The Labute approximate surface area is 151 Å². The van der Waals surface area contributed by atoms with Gasteiger partial charge < -0.3 is 9.67 Å². The van der Waals surface area contributed by atoms with Crippen LogP contribution in [0.2, 0.25) is 0 Å². The molecule has 0 saturated heterocycles. The summed E-state index contributed by atoms with van der Waals surface area (Å²) >= 11 is 5.08. The van der Waals surface area contributed by atoms with Crippen LogP contribution in [0.5, 0.6) is 0 Å². The molecule has 0 aliphatic carbocycles. The average molecular weight is 403 g/mol. The van der Waals surface area contributed by atoms with Crippen LogP contribution in [0.4, 0.5) is 5.69 Å². The fourth-order valence-corrected chi connectivity index (χ4v) is 3.78. The fourth-order valence-electron chi connectivity index (χ4n) is 2.39. The van der Waals surface area contributed by atoms with Crippen molar-refractivity contribution in [2.45, 2.75) is 13.5 Å². The van der Waals surface area contributed by atoms with E-state index in [2.05, 4.69) is 49.9 Å². The second kappa shape index (κ2) is 7.15. The Morgan fingerprint density at radius 2 is 2.00 bits per heavy atom. The number of carbonyl (C=O) groups is 1. The highest BCUT2D eigenvalue weighted by molar-refractivity contribution is 9.10. The van der Waals surface area contributed by atoms with Gasteiger partial charge in [0.25, 0.3) is 0 Å². The molecule has 1 N–H and O–H groups in total. The molecule has 24 heavy (non-hydrogen) atoms. The van der Waals surface area contributed by atoms with Crippen molar-refractivity contribution >= 4 is 38.9 Å². The van der Waals surface area contributed by atoms with E-state index in [1.54, 1.807) is 35.6 Å². The van der Waals surface area contributed by atoms with E-state index in [0.717, 1.165) is 32.8 Å². The van der Waals surface area contributed by atoms with Gasteiger partial charge in [-0.3, -0.25) is 0 Å². The maximum absolute atomic E-state index is 10.9. The van der Waals surface area contributed by atoms with Gasteiger partial charge in [0.1, 0.15) is 0 Å². The molecular weight excluding hydrogens is 388 g/mol. The van der Waals surface area contributed by atoms with E-state index in [1.165, 1.54) is 0 Å². The first-order valence-electron chi connectivity index (χ1n) is 7.41. The van der Waals surface area contributed by atoms with Crippen molar-refractivity contribution in [2.75, 3.05) is 0 Å². The minimum atomic E-state index is -0.932. The van der Waals surface area contributed by atoms with Gasteiger partial charge in [0.05, 0.1) is 16.9 Å². The van der Waals surface area contributed by atoms with Crippen molar-refractivity contribution < 1.29 is 9.90 Å². The van der Waals surface area contributed by atoms with Crippen LogP contribution in [-0.4, -0.2) is 15.6 Å². The predicted molar refractivity (Wildman–Crippen MR) is 99.7 cm³/mol. The minimum absolute atomic E-state index is 0.262. The first-order chi connectivity index (χ1) is 11.6. The highest BCUT2D eigenvalue weighted by Gasteiger charge is 2.07. The molecule has 4 nitrogen and oxygen atoms in total. The van der Waals surface area contributed by atoms with Crippen LogP contribution in [0.3, 0.4) is 0 Å². The molecule has 1 heterocycles. The van der Waals surface area contributed by atoms with Gasteiger partial charge in [0, 0.05) is 22.0 Å². The van der Waals surface area contributed by atoms with E-state index in [1.807, 2.05) is 12.1 Å². The van der Waals surface area contributed by atoms with Gasteiger partial charge >= 0.3 is 5.97 Å². The summed E-state index contributed by atoms with van der Waals surface area (Å²) in [5.41, 5.74) is 3.25. The van der Waals surface area contributed by atoms with Crippen molar-refractivity contribution in [1.82, 2.24) is 4.57 Å². The summed E-state index contributed by atoms with van der Waals surface area (Å²) in [6.07, 6.45) is 0. The van der Waals surface area contributed by atoms with Crippen LogP contribution >= 0.6 is 27.3 Å². The highest BCUT2D eigenvalue weighted by atomic mass is 79.9. The molecule has 0 amide bonds. The Morgan fingerprint density at radius 3 is 2.62 bits per heavy atom. The van der Waals surface area contributed by atoms with Crippen LogP contribution in [-0.2, 0) is 6.54 Å². The number of hydrogen-bond acceptors (Lipinski definition) is 3. The SMILES string of the molecule is CCn1c(-c2cccc(Br)c2)cs/c1=N\c1ccc(C(=O)O)cc1. The van der Waals surface area contributed by atoms with E-state index in [4.69, 9.17) is 5.11 Å². The van der Waals surface area contributed by atoms with Gasteiger partial charge in [0.15, 0.2) is 4.80 Å². The maximum atomic E-state index is 10.9. The zero-order chi connectivity index (χ0) is 17.1. The van der Waals surface area contributed by atoms with Gasteiger partial charge in [-0.15, -0.1) is 11.3 Å². The lowest BCUT2D eigenvalue weighted by atomic mass is 10.2. The Bertz CT molecular complexity index is 942. The zero-order valence-electron chi connectivity index (χ0n) is 12.9. The monoisotopic (exact) mass is 402 g/mol. The molecule has 1 aromatic heterocycles. The van der Waals surface area contributed by atoms with Crippen LogP contribution in [0.15, 0.2) is 63.4 Å². The number of aromatic carboxylic acids is 1. The first kappa shape index (κ1) is 16.7. The summed E-state index contributed by atoms with van der Waals surface area (Å²) < 4.78 is 3.19. The molecule has 122 valence electrons. The molecule has 0 unspecified atom stereocenters. The van der Waals surface area contributed by atoms with Gasteiger partial charge in [-0.05, 0) is 43.3 Å². The van der Waals surface area contributed by atoms with E-state index >= 15 is 0 Å². The van der Waals surface area contributed by atoms with Crippen LogP contribution in [0.25, 0.3) is 11.3 Å². The Hall–Kier alpha value is -2.18. The van der Waals surface area contributed by atoms with Gasteiger partial charge in [-0.2, -0.15) is 0 Å². The molecule has 6 heteroatoms. The number of hydrogen-bond donors (Lipinski definition) is 1. The molecule has 0 aliphatic rings. The summed E-state index contributed by atoms with van der Waals surface area (Å²) in [4.78, 5) is 16.5. The summed E-state index contributed by atoms with van der Waals surface area (Å²) in [7, 11) is 0. The van der Waals surface area contributed by atoms with Gasteiger partial charge in [-0.1, -0.05) is 28.1 Å². The summed E-state index contributed by atoms with van der Waals surface area (Å²) in [6.45, 7) is 2.89. The first-order valence-corrected chi connectivity index (χ1v) is 9.08. The third-order valence-corrected chi connectivity index (χ3v) is 4.93. The molecule has 0 radical (unpaired) electrons. The quantitative estimate of drug-likeness (QED) is 0.672. The van der Waals surface area contributed by atoms with Crippen molar-refractivity contribution in [2.24, 2.45) is 4.99 Å². The van der Waals surface area contributed by atoms with E-state index in [0.29, 0.717) is 0 Å². The Morgan fingerprint density at radius 1 is 1.25 bits per heavy atom. The smallest absolute Gasteiger partial charge is 0.335 e. The molecule has 0 atom stereocenters. The minimum Gasteiger partial charge on any atom is -0.478 e. The van der Waals surface area contributed by atoms with E-state index in [-0.39, 0.29) is 5.56 Å².